The van der Waals surface area contributed by atoms with Crippen LogP contribution < -0.4 is 10.3 Å². The molecule has 0 saturated heterocycles. The van der Waals surface area contributed by atoms with Crippen LogP contribution in [0.5, 0.6) is 5.75 Å². The van der Waals surface area contributed by atoms with Gasteiger partial charge in [-0.3, -0.25) is 4.79 Å². The van der Waals surface area contributed by atoms with Gasteiger partial charge in [0.15, 0.2) is 0 Å². The molecule has 0 unspecified atom stereocenters. The first-order valence-electron chi connectivity index (χ1n) is 8.16. The van der Waals surface area contributed by atoms with Gasteiger partial charge in [-0.25, -0.2) is 4.98 Å². The Bertz CT molecular complexity index is 1000. The van der Waals surface area contributed by atoms with Gasteiger partial charge in [-0.2, -0.15) is 0 Å². The highest BCUT2D eigenvalue weighted by molar-refractivity contribution is 14.1. The van der Waals surface area contributed by atoms with Crippen molar-refractivity contribution in [2.45, 2.75) is 32.1 Å². The molecule has 0 bridgehead atoms. The van der Waals surface area contributed by atoms with Crippen molar-refractivity contribution in [2.75, 3.05) is 7.11 Å². The molecule has 1 N–H and O–H groups in total. The van der Waals surface area contributed by atoms with Crippen molar-refractivity contribution in [1.29, 1.82) is 0 Å². The molecule has 2 heterocycles. The van der Waals surface area contributed by atoms with Crippen LogP contribution in [0.4, 0.5) is 0 Å². The van der Waals surface area contributed by atoms with Gasteiger partial charge in [0.05, 0.1) is 19.6 Å². The zero-order valence-corrected chi connectivity index (χ0v) is 18.7. The fraction of sp³-hybridized carbons (Fsp3) is 0.333. The molecular formula is C18H16I2N2O2S. The highest BCUT2D eigenvalue weighted by Gasteiger charge is 2.20. The maximum atomic E-state index is 12.8. The predicted molar refractivity (Wildman–Crippen MR) is 119 cm³/mol. The van der Waals surface area contributed by atoms with Gasteiger partial charge in [-0.15, -0.1) is 11.3 Å². The molecule has 1 aliphatic rings. The summed E-state index contributed by atoms with van der Waals surface area (Å²) in [5.74, 6) is 1.49. The maximum absolute atomic E-state index is 12.8. The van der Waals surface area contributed by atoms with Crippen molar-refractivity contribution in [2.24, 2.45) is 0 Å². The summed E-state index contributed by atoms with van der Waals surface area (Å²) < 4.78 is 7.43. The summed E-state index contributed by atoms with van der Waals surface area (Å²) in [6.07, 6.45) is 5.69. The van der Waals surface area contributed by atoms with Crippen molar-refractivity contribution in [3.8, 4) is 17.1 Å². The molecule has 1 aliphatic carbocycles. The molecule has 0 saturated carbocycles. The third-order valence-electron chi connectivity index (χ3n) is 4.55. The molecule has 0 atom stereocenters. The van der Waals surface area contributed by atoms with E-state index in [1.807, 2.05) is 12.1 Å². The molecule has 4 rings (SSSR count). The molecule has 2 aromatic heterocycles. The van der Waals surface area contributed by atoms with Crippen LogP contribution in [0.1, 0.15) is 29.7 Å². The smallest absolute Gasteiger partial charge is 0.260 e. The number of rotatable bonds is 2. The maximum Gasteiger partial charge on any atom is 0.260 e. The highest BCUT2D eigenvalue weighted by atomic mass is 127. The summed E-state index contributed by atoms with van der Waals surface area (Å²) in [7, 11) is 1.67. The van der Waals surface area contributed by atoms with Crippen LogP contribution in [0.15, 0.2) is 16.9 Å². The number of halogens is 2. The SMILES string of the molecule is COc1c(I)cc(-c2nc3sc4c(c3c(=O)[nH]2)CCCCC4)cc1I. The minimum Gasteiger partial charge on any atom is -0.495 e. The number of aromatic amines is 1. The topological polar surface area (TPSA) is 55.0 Å². The van der Waals surface area contributed by atoms with E-state index in [9.17, 15) is 4.79 Å². The lowest BCUT2D eigenvalue weighted by molar-refractivity contribution is 0.409. The standard InChI is InChI=1S/C18H16I2N2O2S/c1-24-15-11(19)7-9(8-12(15)20)16-21-17(23)14-10-5-3-2-4-6-13(10)25-18(14)22-16/h7-8H,2-6H2,1H3,(H,21,22,23). The third-order valence-corrected chi connectivity index (χ3v) is 7.34. The monoisotopic (exact) mass is 578 g/mol. The number of thiophene rings is 1. The highest BCUT2D eigenvalue weighted by Crippen LogP contribution is 2.35. The Hall–Kier alpha value is -0.680. The van der Waals surface area contributed by atoms with Crippen LogP contribution in [0.3, 0.4) is 0 Å². The molecule has 130 valence electrons. The van der Waals surface area contributed by atoms with Crippen molar-refractivity contribution in [1.82, 2.24) is 9.97 Å². The lowest BCUT2D eigenvalue weighted by Crippen LogP contribution is -2.10. The predicted octanol–water partition coefficient (Wildman–Crippen LogP) is 5.14. The first-order chi connectivity index (χ1) is 12.1. The zero-order chi connectivity index (χ0) is 17.6. The summed E-state index contributed by atoms with van der Waals surface area (Å²) in [6.45, 7) is 0. The number of nitrogens with zero attached hydrogens (tertiary/aromatic N) is 1. The second kappa shape index (κ2) is 7.15. The molecule has 25 heavy (non-hydrogen) atoms. The molecule has 1 aromatic carbocycles. The van der Waals surface area contributed by atoms with E-state index >= 15 is 0 Å². The van der Waals surface area contributed by atoms with E-state index in [0.29, 0.717) is 5.82 Å². The average Bonchev–Trinajstić information content (AvgIpc) is 2.77. The second-order valence-electron chi connectivity index (χ2n) is 6.13. The molecule has 0 radical (unpaired) electrons. The first-order valence-corrected chi connectivity index (χ1v) is 11.1. The molecule has 7 heteroatoms. The van der Waals surface area contributed by atoms with Gasteiger partial charge in [0.2, 0.25) is 0 Å². The van der Waals surface area contributed by atoms with Gasteiger partial charge in [-0.1, -0.05) is 6.42 Å². The Morgan fingerprint density at radius 2 is 1.88 bits per heavy atom. The Morgan fingerprint density at radius 3 is 2.60 bits per heavy atom. The first kappa shape index (κ1) is 17.7. The summed E-state index contributed by atoms with van der Waals surface area (Å²) in [6, 6.07) is 4.01. The number of hydrogen-bond acceptors (Lipinski definition) is 4. The third kappa shape index (κ3) is 3.23. The van der Waals surface area contributed by atoms with E-state index in [-0.39, 0.29) is 5.56 Å². The number of H-pyrrole nitrogens is 1. The fourth-order valence-electron chi connectivity index (χ4n) is 3.37. The van der Waals surface area contributed by atoms with E-state index in [1.165, 1.54) is 23.3 Å². The summed E-state index contributed by atoms with van der Waals surface area (Å²) in [5.41, 5.74) is 2.13. The number of fused-ring (bicyclic) bond motifs is 3. The zero-order valence-electron chi connectivity index (χ0n) is 13.6. The molecule has 3 aromatic rings. The molecule has 0 fully saturated rings. The van der Waals surface area contributed by atoms with Crippen LogP contribution >= 0.6 is 56.5 Å². The minimum atomic E-state index is -0.0137. The Balaban J connectivity index is 1.89. The van der Waals surface area contributed by atoms with E-state index in [1.54, 1.807) is 18.4 Å². The average molecular weight is 578 g/mol. The van der Waals surface area contributed by atoms with Crippen LogP contribution in [0.2, 0.25) is 0 Å². The fourth-order valence-corrected chi connectivity index (χ4v) is 6.84. The number of benzene rings is 1. The molecule has 0 amide bonds. The van der Waals surface area contributed by atoms with E-state index in [4.69, 9.17) is 9.72 Å². The molecule has 0 spiro atoms. The molecule has 0 aliphatic heterocycles. The number of nitrogens with one attached hydrogen (secondary N) is 1. The second-order valence-corrected chi connectivity index (χ2v) is 9.54. The van der Waals surface area contributed by atoms with Gasteiger partial charge in [0.25, 0.3) is 5.56 Å². The molecule has 4 nitrogen and oxygen atoms in total. The number of aryl methyl sites for hydroxylation is 2. The number of aromatic nitrogens is 2. The Kier molecular flexibility index (Phi) is 5.07. The van der Waals surface area contributed by atoms with Crippen molar-refractivity contribution < 1.29 is 4.74 Å². The van der Waals surface area contributed by atoms with E-state index in [2.05, 4.69) is 50.2 Å². The number of hydrogen-bond donors (Lipinski definition) is 1. The van der Waals surface area contributed by atoms with Crippen LogP contribution in [0.25, 0.3) is 21.6 Å². The Morgan fingerprint density at radius 1 is 1.16 bits per heavy atom. The lowest BCUT2D eigenvalue weighted by Gasteiger charge is -2.09. The van der Waals surface area contributed by atoms with Crippen molar-refractivity contribution in [3.05, 3.63) is 40.1 Å². The number of ether oxygens (including phenoxy) is 1. The van der Waals surface area contributed by atoms with Crippen LogP contribution in [-0.2, 0) is 12.8 Å². The van der Waals surface area contributed by atoms with Gasteiger partial charge in [0.1, 0.15) is 16.4 Å². The lowest BCUT2D eigenvalue weighted by atomic mass is 10.1. The minimum absolute atomic E-state index is 0.0137. The van der Waals surface area contributed by atoms with E-state index in [0.717, 1.165) is 47.9 Å². The summed E-state index contributed by atoms with van der Waals surface area (Å²) >= 11 is 6.20. The van der Waals surface area contributed by atoms with Crippen molar-refractivity contribution >= 4 is 66.7 Å². The quantitative estimate of drug-likeness (QED) is 0.339. The Labute approximate surface area is 176 Å². The normalized spacial score (nSPS) is 14.4. The summed E-state index contributed by atoms with van der Waals surface area (Å²) in [5, 5.41) is 0.809. The van der Waals surface area contributed by atoms with Crippen LogP contribution in [-0.4, -0.2) is 17.1 Å². The van der Waals surface area contributed by atoms with Crippen LogP contribution in [0, 0.1) is 7.14 Å². The largest absolute Gasteiger partial charge is 0.495 e. The van der Waals surface area contributed by atoms with Gasteiger partial charge < -0.3 is 9.72 Å². The molecular weight excluding hydrogens is 562 g/mol. The van der Waals surface area contributed by atoms with Gasteiger partial charge in [0, 0.05) is 10.4 Å². The van der Waals surface area contributed by atoms with Gasteiger partial charge >= 0.3 is 0 Å². The van der Waals surface area contributed by atoms with Gasteiger partial charge in [-0.05, 0) is 88.6 Å². The van der Waals surface area contributed by atoms with Crippen molar-refractivity contribution in [3.63, 3.8) is 0 Å². The summed E-state index contributed by atoms with van der Waals surface area (Å²) in [4.78, 5) is 22.8. The van der Waals surface area contributed by atoms with E-state index < -0.39 is 0 Å². The number of methoxy groups -OCH3 is 1.